The van der Waals surface area contributed by atoms with E-state index in [1.54, 1.807) is 11.3 Å². The van der Waals surface area contributed by atoms with Gasteiger partial charge in [0.25, 0.3) is 0 Å². The van der Waals surface area contributed by atoms with Crippen molar-refractivity contribution < 1.29 is 8.85 Å². The van der Waals surface area contributed by atoms with Gasteiger partial charge in [-0.05, 0) is 101 Å². The van der Waals surface area contributed by atoms with Crippen molar-refractivity contribution in [3.8, 4) is 0 Å². The number of nitrogens with zero attached hydrogens (tertiary/aromatic N) is 1. The van der Waals surface area contributed by atoms with E-state index in [0.717, 1.165) is 30.2 Å². The van der Waals surface area contributed by atoms with Crippen LogP contribution in [0.5, 0.6) is 0 Å². The number of hydrogen-bond donors (Lipinski definition) is 0. The van der Waals surface area contributed by atoms with Crippen LogP contribution >= 0.6 is 33.9 Å². The van der Waals surface area contributed by atoms with E-state index in [9.17, 15) is 0 Å². The van der Waals surface area contributed by atoms with Gasteiger partial charge in [-0.2, -0.15) is 0 Å². The van der Waals surface area contributed by atoms with Crippen molar-refractivity contribution in [2.24, 2.45) is 0 Å². The maximum absolute atomic E-state index is 6.96. The Morgan fingerprint density at radius 2 is 1.59 bits per heavy atom. The van der Waals surface area contributed by atoms with Gasteiger partial charge >= 0.3 is 0 Å². The van der Waals surface area contributed by atoms with Crippen molar-refractivity contribution in [3.63, 3.8) is 0 Å². The smallest absolute Gasteiger partial charge is 0.192 e. The van der Waals surface area contributed by atoms with Gasteiger partial charge in [-0.15, -0.1) is 11.3 Å². The predicted molar refractivity (Wildman–Crippen MR) is 157 cm³/mol. The average Bonchev–Trinajstić information content (AvgIpc) is 3.22. The highest BCUT2D eigenvalue weighted by Crippen LogP contribution is 2.29. The standard InChI is InChI=1S/C25H46INO2SSi2/c1-9-31(10-2,11-3)28-18-17-23(26)15-16-25(29-32(12-4,13-5)14-6)21(7)19-24-20-30-22(8)27-24/h15,19-20,25H,9-14,16-18H2,1-8H3/b21-19+,23-15-/t25-/m0/s1. The van der Waals surface area contributed by atoms with Crippen molar-refractivity contribution in [1.29, 1.82) is 0 Å². The molecule has 1 heterocycles. The molecule has 1 aromatic rings. The highest BCUT2D eigenvalue weighted by Gasteiger charge is 2.32. The summed E-state index contributed by atoms with van der Waals surface area (Å²) in [6.07, 6.45) is 6.67. The zero-order chi connectivity index (χ0) is 24.2. The summed E-state index contributed by atoms with van der Waals surface area (Å²) in [4.78, 5) is 4.64. The second-order valence-corrected chi connectivity index (χ2v) is 20.7. The van der Waals surface area contributed by atoms with Gasteiger partial charge in [0.05, 0.1) is 16.8 Å². The van der Waals surface area contributed by atoms with Crippen LogP contribution in [0.2, 0.25) is 36.3 Å². The minimum absolute atomic E-state index is 0.129. The topological polar surface area (TPSA) is 31.4 Å². The first-order chi connectivity index (χ1) is 15.2. The van der Waals surface area contributed by atoms with E-state index in [0.29, 0.717) is 0 Å². The third kappa shape index (κ3) is 9.45. The molecule has 0 bridgehead atoms. The third-order valence-corrected chi connectivity index (χ3v) is 18.2. The SMILES string of the molecule is CC[Si](CC)(CC)OCC/C(I)=C/C[C@H](O[Si](CC)(CC)CC)/C(C)=C/c1csc(C)n1. The lowest BCUT2D eigenvalue weighted by atomic mass is 10.1. The summed E-state index contributed by atoms with van der Waals surface area (Å²) in [5.74, 6) is 0. The number of thiazole rings is 1. The molecule has 0 saturated carbocycles. The molecule has 7 heteroatoms. The number of halogens is 1. The number of rotatable bonds is 16. The van der Waals surface area contributed by atoms with Crippen LogP contribution in [0.3, 0.4) is 0 Å². The van der Waals surface area contributed by atoms with Crippen molar-refractivity contribution in [1.82, 2.24) is 4.98 Å². The Labute approximate surface area is 217 Å². The molecule has 0 aliphatic rings. The van der Waals surface area contributed by atoms with Crippen LogP contribution in [-0.4, -0.2) is 34.3 Å². The lowest BCUT2D eigenvalue weighted by Gasteiger charge is -2.33. The zero-order valence-corrected chi connectivity index (χ0v) is 26.7. The minimum atomic E-state index is -1.70. The first-order valence-corrected chi connectivity index (χ1v) is 19.5. The first kappa shape index (κ1) is 30.2. The summed E-state index contributed by atoms with van der Waals surface area (Å²) in [5.41, 5.74) is 2.34. The fourth-order valence-electron chi connectivity index (χ4n) is 4.16. The number of aryl methyl sites for hydroxylation is 1. The van der Waals surface area contributed by atoms with E-state index in [1.165, 1.54) is 45.4 Å². The highest BCUT2D eigenvalue weighted by atomic mass is 127. The molecule has 0 fully saturated rings. The summed E-state index contributed by atoms with van der Waals surface area (Å²) in [5, 5.41) is 3.25. The van der Waals surface area contributed by atoms with Gasteiger partial charge in [0.2, 0.25) is 0 Å². The largest absolute Gasteiger partial charge is 0.416 e. The molecule has 0 aromatic carbocycles. The van der Waals surface area contributed by atoms with Crippen molar-refractivity contribution in [2.45, 2.75) is 111 Å². The lowest BCUT2D eigenvalue weighted by molar-refractivity contribution is 0.225. The van der Waals surface area contributed by atoms with E-state index in [-0.39, 0.29) is 6.10 Å². The van der Waals surface area contributed by atoms with Crippen LogP contribution in [0.1, 0.15) is 72.0 Å². The minimum Gasteiger partial charge on any atom is -0.416 e. The molecular formula is C25H46INO2SSi2. The molecule has 0 aliphatic heterocycles. The average molecular weight is 608 g/mol. The van der Waals surface area contributed by atoms with Gasteiger partial charge < -0.3 is 8.85 Å². The molecule has 0 amide bonds. The summed E-state index contributed by atoms with van der Waals surface area (Å²) < 4.78 is 14.8. The number of hydrogen-bond acceptors (Lipinski definition) is 4. The molecule has 0 saturated heterocycles. The van der Waals surface area contributed by atoms with E-state index in [1.807, 2.05) is 0 Å². The molecule has 1 aromatic heterocycles. The van der Waals surface area contributed by atoms with E-state index < -0.39 is 16.6 Å². The Balaban J connectivity index is 2.93. The molecule has 32 heavy (non-hydrogen) atoms. The van der Waals surface area contributed by atoms with Crippen LogP contribution in [-0.2, 0) is 8.85 Å². The van der Waals surface area contributed by atoms with Gasteiger partial charge in [0.1, 0.15) is 0 Å². The van der Waals surface area contributed by atoms with Crippen LogP contribution < -0.4 is 0 Å². The summed E-state index contributed by atoms with van der Waals surface area (Å²) >= 11 is 4.21. The molecule has 184 valence electrons. The first-order valence-electron chi connectivity index (χ1n) is 12.5. The van der Waals surface area contributed by atoms with Gasteiger partial charge in [0.15, 0.2) is 16.6 Å². The molecule has 0 radical (unpaired) electrons. The Morgan fingerprint density at radius 3 is 2.06 bits per heavy atom. The van der Waals surface area contributed by atoms with Crippen LogP contribution in [0.15, 0.2) is 20.6 Å². The Morgan fingerprint density at radius 1 is 1.03 bits per heavy atom. The number of aromatic nitrogens is 1. The zero-order valence-electron chi connectivity index (χ0n) is 21.7. The molecular weight excluding hydrogens is 561 g/mol. The van der Waals surface area contributed by atoms with Crippen molar-refractivity contribution >= 4 is 56.6 Å². The van der Waals surface area contributed by atoms with E-state index >= 15 is 0 Å². The summed E-state index contributed by atoms with van der Waals surface area (Å²) in [7, 11) is -3.20. The monoisotopic (exact) mass is 607 g/mol. The maximum Gasteiger partial charge on any atom is 0.192 e. The normalized spacial score (nSPS) is 14.8. The van der Waals surface area contributed by atoms with Crippen molar-refractivity contribution in [2.75, 3.05) is 6.61 Å². The maximum atomic E-state index is 6.96. The van der Waals surface area contributed by atoms with Crippen LogP contribution in [0.25, 0.3) is 6.08 Å². The summed E-state index contributed by atoms with van der Waals surface area (Å²) in [6, 6.07) is 7.17. The molecule has 0 unspecified atom stereocenters. The Hall–Kier alpha value is 0.194. The Kier molecular flexibility index (Phi) is 14.4. The molecule has 1 atom stereocenters. The second kappa shape index (κ2) is 15.2. The molecule has 3 nitrogen and oxygen atoms in total. The van der Waals surface area contributed by atoms with Crippen LogP contribution in [0, 0.1) is 6.92 Å². The Bertz CT molecular complexity index is 711. The van der Waals surface area contributed by atoms with Crippen molar-refractivity contribution in [3.05, 3.63) is 31.3 Å². The molecule has 0 spiro atoms. The fraction of sp³-hybridized carbons (Fsp3) is 0.720. The van der Waals surface area contributed by atoms with Gasteiger partial charge in [-0.1, -0.05) is 47.6 Å². The van der Waals surface area contributed by atoms with Crippen LogP contribution in [0.4, 0.5) is 0 Å². The van der Waals surface area contributed by atoms with Gasteiger partial charge in [-0.3, -0.25) is 0 Å². The molecule has 1 rings (SSSR count). The lowest BCUT2D eigenvalue weighted by Crippen LogP contribution is -2.40. The summed E-state index contributed by atoms with van der Waals surface area (Å²) in [6.45, 7) is 18.9. The van der Waals surface area contributed by atoms with E-state index in [4.69, 9.17) is 8.85 Å². The molecule has 0 N–H and O–H groups in total. The second-order valence-electron chi connectivity index (χ2n) is 8.76. The fourth-order valence-corrected chi connectivity index (χ4v) is 10.7. The van der Waals surface area contributed by atoms with E-state index in [2.05, 4.69) is 100 Å². The molecule has 0 aliphatic carbocycles. The van der Waals surface area contributed by atoms with Gasteiger partial charge in [0, 0.05) is 12.0 Å². The third-order valence-electron chi connectivity index (χ3n) is 7.08. The van der Waals surface area contributed by atoms with Gasteiger partial charge in [-0.25, -0.2) is 4.98 Å². The predicted octanol–water partition coefficient (Wildman–Crippen LogP) is 9.37. The highest BCUT2D eigenvalue weighted by molar-refractivity contribution is 14.1. The quantitative estimate of drug-likeness (QED) is 0.139.